The van der Waals surface area contributed by atoms with Crippen molar-refractivity contribution < 1.29 is 9.22 Å². The topological polar surface area (TPSA) is 26.3 Å². The van der Waals surface area contributed by atoms with Crippen LogP contribution in [0.3, 0.4) is 0 Å². The molecule has 0 fully saturated rings. The fraction of sp³-hybridized carbons (Fsp3) is 0.875. The molecular formula is C24H46O2Si. The van der Waals surface area contributed by atoms with Gasteiger partial charge in [-0.3, -0.25) is 4.79 Å². The number of hydrogen-bond donors (Lipinski definition) is 0. The van der Waals surface area contributed by atoms with Crippen LogP contribution in [-0.4, -0.2) is 19.7 Å². The molecule has 0 aliphatic heterocycles. The molecule has 0 N–H and O–H groups in total. The molecule has 3 heteroatoms. The highest BCUT2D eigenvalue weighted by molar-refractivity contribution is 6.69. The van der Waals surface area contributed by atoms with Gasteiger partial charge in [0.05, 0.1) is 5.60 Å². The van der Waals surface area contributed by atoms with Crippen molar-refractivity contribution in [3.63, 3.8) is 0 Å². The summed E-state index contributed by atoms with van der Waals surface area (Å²) in [7, 11) is -1.63. The zero-order valence-electron chi connectivity index (χ0n) is 18.8. The zero-order valence-corrected chi connectivity index (χ0v) is 19.8. The quantitative estimate of drug-likeness (QED) is 0.185. The van der Waals surface area contributed by atoms with Gasteiger partial charge in [0.1, 0.15) is 0 Å². The number of unbranched alkanes of at least 4 members (excludes halogenated alkanes) is 13. The minimum absolute atomic E-state index is 0.235. The standard InChI is InChI=1S/C24H46O2Si/c1-5-6-7-8-9-10-11-12-13-14-15-16-17-18-20-24(26-27(2,3)4)21-19-23(25)22-24/h19,21H,5-18,20,22H2,1-4H3/t24-/m1/s1. The van der Waals surface area contributed by atoms with Crippen LogP contribution in [0.2, 0.25) is 19.6 Å². The van der Waals surface area contributed by atoms with E-state index in [-0.39, 0.29) is 11.4 Å². The Hall–Kier alpha value is -0.413. The Bertz CT molecular complexity index is 425. The van der Waals surface area contributed by atoms with E-state index in [9.17, 15) is 4.79 Å². The van der Waals surface area contributed by atoms with Gasteiger partial charge in [0.25, 0.3) is 0 Å². The maximum absolute atomic E-state index is 11.7. The van der Waals surface area contributed by atoms with E-state index in [2.05, 4.69) is 32.6 Å². The molecular weight excluding hydrogens is 348 g/mol. The molecule has 0 aromatic carbocycles. The van der Waals surface area contributed by atoms with Crippen LogP contribution < -0.4 is 0 Å². The number of rotatable bonds is 17. The van der Waals surface area contributed by atoms with Gasteiger partial charge in [-0.15, -0.1) is 0 Å². The van der Waals surface area contributed by atoms with Gasteiger partial charge in [-0.05, 0) is 32.1 Å². The average Bonchev–Trinajstić information content (AvgIpc) is 2.94. The molecule has 0 aromatic heterocycles. The number of carbonyl (C=O) groups excluding carboxylic acids is 1. The van der Waals surface area contributed by atoms with Crippen LogP contribution in [0.1, 0.15) is 110 Å². The smallest absolute Gasteiger partial charge is 0.184 e. The molecule has 1 aliphatic carbocycles. The first kappa shape index (κ1) is 24.6. The van der Waals surface area contributed by atoms with Gasteiger partial charge in [-0.2, -0.15) is 0 Å². The third-order valence-corrected chi connectivity index (χ3v) is 6.53. The third kappa shape index (κ3) is 12.6. The molecule has 1 atom stereocenters. The van der Waals surface area contributed by atoms with Gasteiger partial charge in [-0.1, -0.05) is 103 Å². The second kappa shape index (κ2) is 13.7. The molecule has 27 heavy (non-hydrogen) atoms. The molecule has 0 heterocycles. The summed E-state index contributed by atoms with van der Waals surface area (Å²) in [5.41, 5.74) is -0.279. The Balaban J connectivity index is 1.98. The van der Waals surface area contributed by atoms with Crippen molar-refractivity contribution >= 4 is 14.1 Å². The summed E-state index contributed by atoms with van der Waals surface area (Å²) in [6, 6.07) is 0. The molecule has 0 saturated heterocycles. The van der Waals surface area contributed by atoms with Crippen molar-refractivity contribution in [3.8, 4) is 0 Å². The maximum Gasteiger partial charge on any atom is 0.184 e. The SMILES string of the molecule is CCCCCCCCCCCCCCCC[C@@]1(O[Si](C)(C)C)C=CC(=O)C1. The molecule has 0 amide bonds. The fourth-order valence-electron chi connectivity index (χ4n) is 4.18. The molecule has 2 nitrogen and oxygen atoms in total. The molecule has 1 rings (SSSR count). The van der Waals surface area contributed by atoms with Gasteiger partial charge in [0.15, 0.2) is 14.1 Å². The lowest BCUT2D eigenvalue weighted by Gasteiger charge is -2.34. The van der Waals surface area contributed by atoms with E-state index in [0.29, 0.717) is 6.42 Å². The van der Waals surface area contributed by atoms with E-state index in [4.69, 9.17) is 4.43 Å². The summed E-state index contributed by atoms with van der Waals surface area (Å²) < 4.78 is 6.40. The zero-order chi connectivity index (χ0) is 20.0. The normalized spacial score (nSPS) is 19.9. The highest BCUT2D eigenvalue weighted by atomic mass is 28.4. The first-order valence-electron chi connectivity index (χ1n) is 11.8. The predicted molar refractivity (Wildman–Crippen MR) is 121 cm³/mol. The van der Waals surface area contributed by atoms with Gasteiger partial charge in [-0.25, -0.2) is 0 Å². The number of hydrogen-bond acceptors (Lipinski definition) is 2. The van der Waals surface area contributed by atoms with Crippen molar-refractivity contribution in [3.05, 3.63) is 12.2 Å². The molecule has 0 radical (unpaired) electrons. The minimum atomic E-state index is -1.63. The lowest BCUT2D eigenvalue weighted by atomic mass is 9.95. The Morgan fingerprint density at radius 1 is 0.815 bits per heavy atom. The Morgan fingerprint density at radius 3 is 1.63 bits per heavy atom. The second-order valence-electron chi connectivity index (χ2n) is 9.60. The van der Waals surface area contributed by atoms with Gasteiger partial charge < -0.3 is 4.43 Å². The summed E-state index contributed by atoms with van der Waals surface area (Å²) in [6.07, 6.45) is 24.7. The van der Waals surface area contributed by atoms with E-state index in [1.807, 2.05) is 0 Å². The third-order valence-electron chi connectivity index (χ3n) is 5.51. The number of ketones is 1. The molecule has 0 spiro atoms. The first-order valence-corrected chi connectivity index (χ1v) is 15.2. The lowest BCUT2D eigenvalue weighted by molar-refractivity contribution is -0.116. The van der Waals surface area contributed by atoms with E-state index >= 15 is 0 Å². The molecule has 0 bridgehead atoms. The number of allylic oxidation sites excluding steroid dienone is 1. The molecule has 0 aromatic rings. The van der Waals surface area contributed by atoms with Crippen LogP contribution in [0.4, 0.5) is 0 Å². The van der Waals surface area contributed by atoms with Crippen molar-refractivity contribution in [1.29, 1.82) is 0 Å². The summed E-state index contributed by atoms with van der Waals surface area (Å²) in [5, 5.41) is 0. The molecule has 1 aliphatic rings. The van der Waals surface area contributed by atoms with Gasteiger partial charge in [0.2, 0.25) is 0 Å². The summed E-state index contributed by atoms with van der Waals surface area (Å²) in [4.78, 5) is 11.7. The fourth-order valence-corrected chi connectivity index (χ4v) is 5.64. The van der Waals surface area contributed by atoms with Crippen molar-refractivity contribution in [2.45, 2.75) is 135 Å². The summed E-state index contributed by atoms with van der Waals surface area (Å²) >= 11 is 0. The van der Waals surface area contributed by atoms with E-state index in [1.165, 1.54) is 89.9 Å². The maximum atomic E-state index is 11.7. The molecule has 0 unspecified atom stereocenters. The Kier molecular flexibility index (Phi) is 12.5. The van der Waals surface area contributed by atoms with Gasteiger partial charge >= 0.3 is 0 Å². The summed E-state index contributed by atoms with van der Waals surface area (Å²) in [5.74, 6) is 0.235. The predicted octanol–water partition coefficient (Wildman–Crippen LogP) is 7.98. The lowest BCUT2D eigenvalue weighted by Crippen LogP contribution is -2.40. The molecule has 0 saturated carbocycles. The van der Waals surface area contributed by atoms with E-state index in [0.717, 1.165) is 6.42 Å². The van der Waals surface area contributed by atoms with Crippen LogP contribution in [0.5, 0.6) is 0 Å². The van der Waals surface area contributed by atoms with Crippen LogP contribution >= 0.6 is 0 Å². The van der Waals surface area contributed by atoms with E-state index in [1.54, 1.807) is 6.08 Å². The number of carbonyl (C=O) groups is 1. The van der Waals surface area contributed by atoms with Crippen LogP contribution in [0, 0.1) is 0 Å². The highest BCUT2D eigenvalue weighted by Crippen LogP contribution is 2.33. The second-order valence-corrected chi connectivity index (χ2v) is 14.0. The van der Waals surface area contributed by atoms with Crippen molar-refractivity contribution in [1.82, 2.24) is 0 Å². The van der Waals surface area contributed by atoms with Crippen molar-refractivity contribution in [2.24, 2.45) is 0 Å². The minimum Gasteiger partial charge on any atom is -0.408 e. The van der Waals surface area contributed by atoms with Crippen molar-refractivity contribution in [2.75, 3.05) is 0 Å². The van der Waals surface area contributed by atoms with E-state index < -0.39 is 8.32 Å². The largest absolute Gasteiger partial charge is 0.408 e. The highest BCUT2D eigenvalue weighted by Gasteiger charge is 2.38. The molecule has 158 valence electrons. The average molecular weight is 395 g/mol. The van der Waals surface area contributed by atoms with Crippen LogP contribution in [0.15, 0.2) is 12.2 Å². The first-order chi connectivity index (χ1) is 12.9. The Morgan fingerprint density at radius 2 is 1.26 bits per heavy atom. The van der Waals surface area contributed by atoms with Crippen LogP contribution in [0.25, 0.3) is 0 Å². The van der Waals surface area contributed by atoms with Gasteiger partial charge in [0, 0.05) is 6.42 Å². The summed E-state index contributed by atoms with van der Waals surface area (Å²) in [6.45, 7) is 8.94. The van der Waals surface area contributed by atoms with Crippen LogP contribution in [-0.2, 0) is 9.22 Å². The monoisotopic (exact) mass is 394 g/mol. The Labute approximate surface area is 170 Å².